The maximum atomic E-state index is 11.5. The average molecular weight is 194 g/mol. The molecule has 0 heterocycles. The van der Waals surface area contributed by atoms with Crippen LogP contribution >= 0.6 is 0 Å². The monoisotopic (exact) mass is 194 g/mol. The highest BCUT2D eigenvalue weighted by atomic mass is 16.6. The zero-order valence-electron chi connectivity index (χ0n) is 7.42. The van der Waals surface area contributed by atoms with E-state index in [1.54, 1.807) is 18.2 Å². The van der Waals surface area contributed by atoms with Crippen LogP contribution in [-0.4, -0.2) is 23.3 Å². The molecular weight excluding hydrogens is 184 g/mol. The third kappa shape index (κ3) is 2.14. The van der Waals surface area contributed by atoms with Gasteiger partial charge in [0.25, 0.3) is 6.04 Å². The lowest BCUT2D eigenvalue weighted by atomic mass is 10.1. The van der Waals surface area contributed by atoms with Crippen LogP contribution in [0.5, 0.6) is 0 Å². The van der Waals surface area contributed by atoms with Crippen molar-refractivity contribution >= 4 is 5.78 Å². The second kappa shape index (κ2) is 4.48. The Labute approximate surface area is 80.7 Å². The number of hydrogen-bond donors (Lipinski definition) is 1. The Morgan fingerprint density at radius 3 is 2.43 bits per heavy atom. The van der Waals surface area contributed by atoms with E-state index in [1.165, 1.54) is 12.1 Å². The van der Waals surface area contributed by atoms with E-state index in [-0.39, 0.29) is 6.54 Å². The largest absolute Gasteiger partial charge is 0.324 e. The normalized spacial score (nSPS) is 12.1. The highest BCUT2D eigenvalue weighted by Crippen LogP contribution is 2.04. The van der Waals surface area contributed by atoms with Gasteiger partial charge >= 0.3 is 0 Å². The Morgan fingerprint density at radius 2 is 2.00 bits per heavy atom. The number of nitrogens with two attached hydrogens (primary N) is 1. The summed E-state index contributed by atoms with van der Waals surface area (Å²) < 4.78 is 0. The molecule has 14 heavy (non-hydrogen) atoms. The smallest absolute Gasteiger partial charge is 0.286 e. The molecule has 1 atom stereocenters. The van der Waals surface area contributed by atoms with Crippen LogP contribution in [-0.2, 0) is 0 Å². The van der Waals surface area contributed by atoms with Gasteiger partial charge < -0.3 is 5.73 Å². The van der Waals surface area contributed by atoms with Crippen LogP contribution in [0.25, 0.3) is 0 Å². The summed E-state index contributed by atoms with van der Waals surface area (Å²) in [6.45, 7) is -0.277. The predicted octanol–water partition coefficient (Wildman–Crippen LogP) is 0.473. The van der Waals surface area contributed by atoms with Gasteiger partial charge in [-0.25, -0.2) is 0 Å². The van der Waals surface area contributed by atoms with Crippen LogP contribution in [0.15, 0.2) is 30.3 Å². The summed E-state index contributed by atoms with van der Waals surface area (Å²) in [6, 6.07) is 6.78. The molecule has 0 fully saturated rings. The second-order valence-corrected chi connectivity index (χ2v) is 2.77. The lowest BCUT2D eigenvalue weighted by molar-refractivity contribution is -0.502. The minimum absolute atomic E-state index is 0.277. The fraction of sp³-hybridized carbons (Fsp3) is 0.222. The average Bonchev–Trinajstić information content (AvgIpc) is 2.19. The molecule has 1 unspecified atom stereocenters. The van der Waals surface area contributed by atoms with E-state index in [0.29, 0.717) is 5.56 Å². The van der Waals surface area contributed by atoms with Crippen LogP contribution < -0.4 is 5.73 Å². The number of nitro groups is 1. The number of Topliss-reactive ketones (excluding diaryl/α,β-unsaturated/α-hetero) is 1. The summed E-state index contributed by atoms with van der Waals surface area (Å²) >= 11 is 0. The minimum atomic E-state index is -1.34. The van der Waals surface area contributed by atoms with E-state index in [2.05, 4.69) is 0 Å². The molecule has 0 aliphatic carbocycles. The molecule has 0 bridgehead atoms. The fourth-order valence-corrected chi connectivity index (χ4v) is 1.08. The highest BCUT2D eigenvalue weighted by molar-refractivity contribution is 5.99. The van der Waals surface area contributed by atoms with Crippen molar-refractivity contribution in [2.75, 3.05) is 6.54 Å². The van der Waals surface area contributed by atoms with E-state index in [0.717, 1.165) is 0 Å². The maximum Gasteiger partial charge on any atom is 0.286 e. The molecule has 1 aromatic carbocycles. The van der Waals surface area contributed by atoms with E-state index >= 15 is 0 Å². The Hall–Kier alpha value is -1.75. The SMILES string of the molecule is NCC(C(=O)c1ccccc1)[N+](=O)[O-]. The Kier molecular flexibility index (Phi) is 3.30. The van der Waals surface area contributed by atoms with Gasteiger partial charge in [0.1, 0.15) is 0 Å². The number of rotatable bonds is 4. The Bertz CT molecular complexity index is 337. The summed E-state index contributed by atoms with van der Waals surface area (Å²) in [5, 5.41) is 10.5. The molecule has 0 spiro atoms. The topological polar surface area (TPSA) is 86.2 Å². The number of carbonyl (C=O) groups excluding carboxylic acids is 1. The molecule has 1 rings (SSSR count). The van der Waals surface area contributed by atoms with Crippen molar-refractivity contribution in [3.8, 4) is 0 Å². The molecule has 0 aliphatic heterocycles. The molecule has 0 saturated heterocycles. The third-order valence-corrected chi connectivity index (χ3v) is 1.84. The van der Waals surface area contributed by atoms with Gasteiger partial charge in [-0.3, -0.25) is 14.9 Å². The molecule has 0 amide bonds. The van der Waals surface area contributed by atoms with Crippen LogP contribution in [0.4, 0.5) is 0 Å². The number of nitrogens with zero attached hydrogens (tertiary/aromatic N) is 1. The van der Waals surface area contributed by atoms with Crippen molar-refractivity contribution in [1.82, 2.24) is 0 Å². The number of hydrogen-bond acceptors (Lipinski definition) is 4. The maximum absolute atomic E-state index is 11.5. The standard InChI is InChI=1S/C9H10N2O3/c10-6-8(11(13)14)9(12)7-4-2-1-3-5-7/h1-5,8H,6,10H2. The first-order valence-electron chi connectivity index (χ1n) is 4.09. The van der Waals surface area contributed by atoms with Gasteiger partial charge in [0, 0.05) is 10.5 Å². The number of ketones is 1. The molecule has 74 valence electrons. The first kappa shape index (κ1) is 10.3. The zero-order chi connectivity index (χ0) is 10.6. The first-order chi connectivity index (χ1) is 6.66. The second-order valence-electron chi connectivity index (χ2n) is 2.77. The van der Waals surface area contributed by atoms with Crippen LogP contribution in [0.3, 0.4) is 0 Å². The van der Waals surface area contributed by atoms with Crippen LogP contribution in [0, 0.1) is 10.1 Å². The van der Waals surface area contributed by atoms with E-state index in [4.69, 9.17) is 5.73 Å². The first-order valence-corrected chi connectivity index (χ1v) is 4.09. The van der Waals surface area contributed by atoms with Crippen LogP contribution in [0.2, 0.25) is 0 Å². The summed E-state index contributed by atoms with van der Waals surface area (Å²) in [6.07, 6.45) is 0. The van der Waals surface area contributed by atoms with Gasteiger partial charge in [0.05, 0.1) is 6.54 Å². The van der Waals surface area contributed by atoms with Crippen LogP contribution in [0.1, 0.15) is 10.4 Å². The van der Waals surface area contributed by atoms with E-state index < -0.39 is 16.7 Å². The Morgan fingerprint density at radius 1 is 1.43 bits per heavy atom. The molecule has 5 heteroatoms. The van der Waals surface area contributed by atoms with Gasteiger partial charge in [-0.15, -0.1) is 0 Å². The summed E-state index contributed by atoms with van der Waals surface area (Å²) in [4.78, 5) is 21.3. The van der Waals surface area contributed by atoms with Crippen molar-refractivity contribution in [2.45, 2.75) is 6.04 Å². The quantitative estimate of drug-likeness (QED) is 0.429. The molecule has 1 aromatic rings. The van der Waals surface area contributed by atoms with Crippen molar-refractivity contribution in [2.24, 2.45) is 5.73 Å². The van der Waals surface area contributed by atoms with Gasteiger partial charge in [-0.05, 0) is 0 Å². The number of benzene rings is 1. The fourth-order valence-electron chi connectivity index (χ4n) is 1.08. The molecule has 0 saturated carbocycles. The van der Waals surface area contributed by atoms with Crippen molar-refractivity contribution in [3.05, 3.63) is 46.0 Å². The number of carbonyl (C=O) groups is 1. The summed E-state index contributed by atoms with van der Waals surface area (Å²) in [5.74, 6) is -0.543. The van der Waals surface area contributed by atoms with Crippen molar-refractivity contribution in [3.63, 3.8) is 0 Å². The molecular formula is C9H10N2O3. The van der Waals surface area contributed by atoms with Gasteiger partial charge in [-0.1, -0.05) is 30.3 Å². The molecule has 0 aliphatic rings. The van der Waals surface area contributed by atoms with Crippen molar-refractivity contribution in [1.29, 1.82) is 0 Å². The highest BCUT2D eigenvalue weighted by Gasteiger charge is 2.28. The molecule has 0 aromatic heterocycles. The predicted molar refractivity (Wildman–Crippen MR) is 50.6 cm³/mol. The van der Waals surface area contributed by atoms with Gasteiger partial charge in [-0.2, -0.15) is 0 Å². The van der Waals surface area contributed by atoms with Crippen molar-refractivity contribution < 1.29 is 9.72 Å². The van der Waals surface area contributed by atoms with E-state index in [9.17, 15) is 14.9 Å². The summed E-state index contributed by atoms with van der Waals surface area (Å²) in [5.41, 5.74) is 5.47. The van der Waals surface area contributed by atoms with E-state index in [1.807, 2.05) is 0 Å². The Balaban J connectivity index is 2.89. The third-order valence-electron chi connectivity index (χ3n) is 1.84. The lowest BCUT2D eigenvalue weighted by Gasteiger charge is -2.04. The lowest BCUT2D eigenvalue weighted by Crippen LogP contribution is -2.36. The molecule has 0 radical (unpaired) electrons. The molecule has 2 N–H and O–H groups in total. The molecule has 5 nitrogen and oxygen atoms in total. The summed E-state index contributed by atoms with van der Waals surface area (Å²) in [7, 11) is 0. The van der Waals surface area contributed by atoms with Gasteiger partial charge in [0.2, 0.25) is 5.78 Å². The zero-order valence-corrected chi connectivity index (χ0v) is 7.42. The minimum Gasteiger partial charge on any atom is -0.324 e. The van der Waals surface area contributed by atoms with Gasteiger partial charge in [0.15, 0.2) is 0 Å².